The molecule has 1 fully saturated rings. The summed E-state index contributed by atoms with van der Waals surface area (Å²) in [6, 6.07) is 5.08. The van der Waals surface area contributed by atoms with Gasteiger partial charge in [0.2, 0.25) is 5.91 Å². The number of nitrogens with one attached hydrogen (secondary N) is 1. The Bertz CT molecular complexity index is 507. The van der Waals surface area contributed by atoms with E-state index in [-0.39, 0.29) is 22.7 Å². The van der Waals surface area contributed by atoms with Gasteiger partial charge in [-0.1, -0.05) is 19.4 Å². The molecule has 0 bridgehead atoms. The van der Waals surface area contributed by atoms with Crippen LogP contribution in [-0.4, -0.2) is 10.8 Å². The molecule has 96 valence electrons. The minimum absolute atomic E-state index is 0.0316. The topological polar surface area (TPSA) is 72.2 Å². The monoisotopic (exact) mass is 248 g/mol. The van der Waals surface area contributed by atoms with E-state index in [1.165, 1.54) is 6.92 Å². The SMILES string of the molecule is CC(=O)Nc1ccc(C2(C)CCC2)cc1[N+](=O)[O-]. The highest BCUT2D eigenvalue weighted by molar-refractivity contribution is 5.91. The molecule has 1 amide bonds. The Balaban J connectivity index is 2.40. The van der Waals surface area contributed by atoms with Gasteiger partial charge < -0.3 is 5.32 Å². The number of hydrogen-bond acceptors (Lipinski definition) is 3. The molecular formula is C13H16N2O3. The van der Waals surface area contributed by atoms with E-state index in [9.17, 15) is 14.9 Å². The Kier molecular flexibility index (Phi) is 3.07. The number of nitro groups is 1. The fourth-order valence-electron chi connectivity index (χ4n) is 2.35. The van der Waals surface area contributed by atoms with Gasteiger partial charge in [0, 0.05) is 13.0 Å². The van der Waals surface area contributed by atoms with Crippen LogP contribution in [-0.2, 0) is 10.2 Å². The third-order valence-corrected chi connectivity index (χ3v) is 3.66. The summed E-state index contributed by atoms with van der Waals surface area (Å²) in [5.74, 6) is -0.305. The van der Waals surface area contributed by atoms with Gasteiger partial charge >= 0.3 is 0 Å². The highest BCUT2D eigenvalue weighted by Crippen LogP contribution is 2.44. The molecule has 1 aliphatic carbocycles. The number of nitro benzene ring substituents is 1. The van der Waals surface area contributed by atoms with Gasteiger partial charge in [-0.2, -0.15) is 0 Å². The van der Waals surface area contributed by atoms with Gasteiger partial charge in [0.15, 0.2) is 0 Å². The quantitative estimate of drug-likeness (QED) is 0.660. The summed E-state index contributed by atoms with van der Waals surface area (Å²) >= 11 is 0. The van der Waals surface area contributed by atoms with Crippen molar-refractivity contribution in [2.75, 3.05) is 5.32 Å². The van der Waals surface area contributed by atoms with Gasteiger partial charge in [-0.05, 0) is 29.9 Å². The summed E-state index contributed by atoms with van der Waals surface area (Å²) in [5, 5.41) is 13.5. The Morgan fingerprint density at radius 3 is 2.56 bits per heavy atom. The van der Waals surface area contributed by atoms with Crippen molar-refractivity contribution in [3.05, 3.63) is 33.9 Å². The number of nitrogens with zero attached hydrogens (tertiary/aromatic N) is 1. The second kappa shape index (κ2) is 4.40. The number of benzene rings is 1. The van der Waals surface area contributed by atoms with Crippen LogP contribution >= 0.6 is 0 Å². The van der Waals surface area contributed by atoms with E-state index in [0.717, 1.165) is 24.8 Å². The molecule has 1 aliphatic rings. The maximum Gasteiger partial charge on any atom is 0.293 e. The van der Waals surface area contributed by atoms with Crippen LogP contribution < -0.4 is 5.32 Å². The number of carbonyl (C=O) groups excluding carboxylic acids is 1. The van der Waals surface area contributed by atoms with Crippen molar-refractivity contribution in [3.63, 3.8) is 0 Å². The molecule has 1 aromatic rings. The van der Waals surface area contributed by atoms with E-state index in [1.54, 1.807) is 12.1 Å². The average molecular weight is 248 g/mol. The molecule has 0 saturated heterocycles. The molecule has 0 aliphatic heterocycles. The Morgan fingerprint density at radius 2 is 2.11 bits per heavy atom. The van der Waals surface area contributed by atoms with Crippen LogP contribution in [0.3, 0.4) is 0 Å². The Hall–Kier alpha value is -1.91. The maximum atomic E-state index is 11.0. The summed E-state index contributed by atoms with van der Waals surface area (Å²) < 4.78 is 0. The van der Waals surface area contributed by atoms with Crippen LogP contribution in [0, 0.1) is 10.1 Å². The number of rotatable bonds is 3. The van der Waals surface area contributed by atoms with Crippen molar-refractivity contribution >= 4 is 17.3 Å². The third-order valence-electron chi connectivity index (χ3n) is 3.66. The maximum absolute atomic E-state index is 11.0. The molecule has 1 aromatic carbocycles. The number of amides is 1. The van der Waals surface area contributed by atoms with Gasteiger partial charge in [-0.3, -0.25) is 14.9 Å². The lowest BCUT2D eigenvalue weighted by atomic mass is 9.66. The van der Waals surface area contributed by atoms with Crippen molar-refractivity contribution in [3.8, 4) is 0 Å². The van der Waals surface area contributed by atoms with Gasteiger partial charge in [0.1, 0.15) is 5.69 Å². The van der Waals surface area contributed by atoms with Gasteiger partial charge in [0.25, 0.3) is 5.69 Å². The van der Waals surface area contributed by atoms with Gasteiger partial charge in [-0.25, -0.2) is 0 Å². The highest BCUT2D eigenvalue weighted by Gasteiger charge is 2.35. The molecule has 5 heteroatoms. The van der Waals surface area contributed by atoms with E-state index in [0.29, 0.717) is 0 Å². The van der Waals surface area contributed by atoms with Crippen molar-refractivity contribution in [1.82, 2.24) is 0 Å². The number of hydrogen-bond donors (Lipinski definition) is 1. The van der Waals surface area contributed by atoms with E-state index in [4.69, 9.17) is 0 Å². The lowest BCUT2D eigenvalue weighted by molar-refractivity contribution is -0.384. The van der Waals surface area contributed by atoms with Crippen molar-refractivity contribution in [1.29, 1.82) is 0 Å². The van der Waals surface area contributed by atoms with Gasteiger partial charge in [0.05, 0.1) is 4.92 Å². The lowest BCUT2D eigenvalue weighted by Gasteiger charge is -2.38. The first kappa shape index (κ1) is 12.5. The molecule has 0 spiro atoms. The van der Waals surface area contributed by atoms with Gasteiger partial charge in [-0.15, -0.1) is 0 Å². The minimum Gasteiger partial charge on any atom is -0.321 e. The van der Waals surface area contributed by atoms with Crippen LogP contribution in [0.4, 0.5) is 11.4 Å². The predicted octanol–water partition coefficient (Wildman–Crippen LogP) is 2.99. The van der Waals surface area contributed by atoms with Crippen LogP contribution in [0.25, 0.3) is 0 Å². The van der Waals surface area contributed by atoms with Crippen LogP contribution in [0.15, 0.2) is 18.2 Å². The number of anilines is 1. The first-order chi connectivity index (χ1) is 8.42. The second-order valence-corrected chi connectivity index (χ2v) is 5.08. The normalized spacial score (nSPS) is 16.8. The molecule has 2 rings (SSSR count). The molecule has 18 heavy (non-hydrogen) atoms. The van der Waals surface area contributed by atoms with E-state index in [2.05, 4.69) is 12.2 Å². The summed E-state index contributed by atoms with van der Waals surface area (Å²) in [4.78, 5) is 21.6. The molecule has 1 saturated carbocycles. The number of carbonyl (C=O) groups is 1. The minimum atomic E-state index is -0.448. The first-order valence-corrected chi connectivity index (χ1v) is 5.99. The largest absolute Gasteiger partial charge is 0.321 e. The fourth-order valence-corrected chi connectivity index (χ4v) is 2.35. The van der Waals surface area contributed by atoms with E-state index < -0.39 is 4.92 Å². The molecule has 1 N–H and O–H groups in total. The zero-order valence-electron chi connectivity index (χ0n) is 10.5. The molecule has 0 heterocycles. The fraction of sp³-hybridized carbons (Fsp3) is 0.462. The first-order valence-electron chi connectivity index (χ1n) is 5.99. The molecule has 5 nitrogen and oxygen atoms in total. The molecule has 0 radical (unpaired) electrons. The van der Waals surface area contributed by atoms with Crippen LogP contribution in [0.1, 0.15) is 38.7 Å². The summed E-state index contributed by atoms with van der Waals surface area (Å²) in [7, 11) is 0. The van der Waals surface area contributed by atoms with Crippen LogP contribution in [0.2, 0.25) is 0 Å². The van der Waals surface area contributed by atoms with E-state index >= 15 is 0 Å². The second-order valence-electron chi connectivity index (χ2n) is 5.08. The highest BCUT2D eigenvalue weighted by atomic mass is 16.6. The summed E-state index contributed by atoms with van der Waals surface area (Å²) in [5.41, 5.74) is 1.27. The predicted molar refractivity (Wildman–Crippen MR) is 68.6 cm³/mol. The smallest absolute Gasteiger partial charge is 0.293 e. The zero-order valence-corrected chi connectivity index (χ0v) is 10.5. The van der Waals surface area contributed by atoms with E-state index in [1.807, 2.05) is 6.07 Å². The lowest BCUT2D eigenvalue weighted by Crippen LogP contribution is -2.30. The third kappa shape index (κ3) is 2.20. The zero-order chi connectivity index (χ0) is 13.3. The van der Waals surface area contributed by atoms with Crippen LogP contribution in [0.5, 0.6) is 0 Å². The van der Waals surface area contributed by atoms with Crippen molar-refractivity contribution in [2.24, 2.45) is 0 Å². The molecular weight excluding hydrogens is 232 g/mol. The average Bonchev–Trinajstić information content (AvgIpc) is 2.25. The van der Waals surface area contributed by atoms with Crippen molar-refractivity contribution < 1.29 is 9.72 Å². The Labute approximate surface area is 105 Å². The van der Waals surface area contributed by atoms with Crippen molar-refractivity contribution in [2.45, 2.75) is 38.5 Å². The summed E-state index contributed by atoms with van der Waals surface area (Å²) in [6.45, 7) is 3.46. The molecule has 0 aromatic heterocycles. The molecule has 0 unspecified atom stereocenters. The summed E-state index contributed by atoms with van der Waals surface area (Å²) in [6.07, 6.45) is 3.28. The molecule has 0 atom stereocenters. The standard InChI is InChI=1S/C13H16N2O3/c1-9(16)14-11-5-4-10(8-12(11)15(17)18)13(2)6-3-7-13/h4-5,8H,3,6-7H2,1-2H3,(H,14,16). The Morgan fingerprint density at radius 1 is 1.44 bits per heavy atom.